The molecule has 4 aromatic rings. The van der Waals surface area contributed by atoms with Gasteiger partial charge in [-0.1, -0.05) is 77.9 Å². The normalized spacial score (nSPS) is 9.86. The van der Waals surface area contributed by atoms with Gasteiger partial charge in [0.25, 0.3) is 0 Å². The smallest absolute Gasteiger partial charge is 0.148 e. The maximum Gasteiger partial charge on any atom is 0.148 e. The molecule has 0 amide bonds. The average Bonchev–Trinajstić information content (AvgIpc) is 3.56. The quantitative estimate of drug-likeness (QED) is 0.264. The molecule has 37 heavy (non-hydrogen) atoms. The molecule has 0 aliphatic carbocycles. The average molecular weight is 521 g/mol. The van der Waals surface area contributed by atoms with Crippen molar-refractivity contribution in [2.45, 2.75) is 54.9 Å². The summed E-state index contributed by atoms with van der Waals surface area (Å²) < 4.78 is 7.64. The largest absolute Gasteiger partial charge is 0.496 e. The zero-order chi connectivity index (χ0) is 27.8. The number of allylic oxidation sites excluding steroid dienone is 1. The van der Waals surface area contributed by atoms with Crippen molar-refractivity contribution in [1.29, 1.82) is 0 Å². The first-order chi connectivity index (χ1) is 18.1. The van der Waals surface area contributed by atoms with Crippen molar-refractivity contribution in [2.24, 2.45) is 0 Å². The van der Waals surface area contributed by atoms with Crippen LogP contribution in [0.2, 0.25) is 5.02 Å². The van der Waals surface area contributed by atoms with E-state index in [1.54, 1.807) is 13.2 Å². The van der Waals surface area contributed by atoms with Crippen LogP contribution in [-0.2, 0) is 6.42 Å². The minimum atomic E-state index is 0.557. The molecule has 5 nitrogen and oxygen atoms in total. The van der Waals surface area contributed by atoms with Gasteiger partial charge in [0, 0.05) is 23.3 Å². The number of halogens is 1. The van der Waals surface area contributed by atoms with Crippen molar-refractivity contribution in [3.8, 4) is 22.8 Å². The van der Waals surface area contributed by atoms with Gasteiger partial charge in [-0.05, 0) is 55.5 Å². The van der Waals surface area contributed by atoms with Crippen molar-refractivity contribution >= 4 is 23.8 Å². The van der Waals surface area contributed by atoms with Gasteiger partial charge in [0.1, 0.15) is 17.4 Å². The molecular formula is C31H41ClN4O. The zero-order valence-electron chi connectivity index (χ0n) is 23.5. The summed E-state index contributed by atoms with van der Waals surface area (Å²) in [5.74, 6) is 2.38. The highest BCUT2D eigenvalue weighted by molar-refractivity contribution is 6.30. The number of hydrogen-bond acceptors (Lipinski definition) is 3. The molecule has 6 heteroatoms. The molecule has 0 fully saturated rings. The number of rotatable bonds is 7. The fourth-order valence-corrected chi connectivity index (χ4v) is 3.62. The zero-order valence-corrected chi connectivity index (χ0v) is 24.2. The minimum absolute atomic E-state index is 0.557. The number of H-pyrrole nitrogens is 1. The van der Waals surface area contributed by atoms with Gasteiger partial charge in [-0.3, -0.25) is 4.57 Å². The second kappa shape index (κ2) is 17.0. The molecule has 0 unspecified atom stereocenters. The molecular weight excluding hydrogens is 480 g/mol. The van der Waals surface area contributed by atoms with E-state index >= 15 is 0 Å². The van der Waals surface area contributed by atoms with Crippen LogP contribution < -0.4 is 4.74 Å². The number of aromatic nitrogens is 4. The summed E-state index contributed by atoms with van der Waals surface area (Å²) in [7, 11) is 1.66. The number of imidazole rings is 2. The topological polar surface area (TPSA) is 55.7 Å². The highest BCUT2D eigenvalue weighted by Crippen LogP contribution is 2.31. The predicted octanol–water partition coefficient (Wildman–Crippen LogP) is 9.27. The van der Waals surface area contributed by atoms with E-state index in [1.807, 2.05) is 120 Å². The first-order valence-corrected chi connectivity index (χ1v) is 13.3. The van der Waals surface area contributed by atoms with Gasteiger partial charge in [-0.15, -0.1) is 0 Å². The Labute approximate surface area is 227 Å². The van der Waals surface area contributed by atoms with Gasteiger partial charge in [0.2, 0.25) is 0 Å². The first-order valence-electron chi connectivity index (χ1n) is 12.9. The lowest BCUT2D eigenvalue weighted by Crippen LogP contribution is -1.97. The lowest BCUT2D eigenvalue weighted by Gasteiger charge is -2.11. The molecule has 0 bridgehead atoms. The van der Waals surface area contributed by atoms with Crippen molar-refractivity contribution in [1.82, 2.24) is 19.5 Å². The summed E-state index contributed by atoms with van der Waals surface area (Å²) in [6.07, 6.45) is 8.29. The van der Waals surface area contributed by atoms with E-state index in [2.05, 4.69) is 16.5 Å². The number of aromatic amines is 1. The lowest BCUT2D eigenvalue weighted by atomic mass is 10.2. The van der Waals surface area contributed by atoms with Crippen LogP contribution in [0.5, 0.6) is 5.75 Å². The molecule has 4 rings (SSSR count). The third kappa shape index (κ3) is 8.22. The third-order valence-electron chi connectivity index (χ3n) is 4.89. The highest BCUT2D eigenvalue weighted by atomic mass is 35.5. The third-order valence-corrected chi connectivity index (χ3v) is 5.15. The molecule has 0 radical (unpaired) electrons. The lowest BCUT2D eigenvalue weighted by molar-refractivity contribution is 0.416. The van der Waals surface area contributed by atoms with Crippen LogP contribution in [0.1, 0.15) is 71.4 Å². The van der Waals surface area contributed by atoms with E-state index in [0.29, 0.717) is 11.4 Å². The Morgan fingerprint density at radius 3 is 2.22 bits per heavy atom. The summed E-state index contributed by atoms with van der Waals surface area (Å²) >= 11 is 6.10. The van der Waals surface area contributed by atoms with Gasteiger partial charge in [-0.25, -0.2) is 9.97 Å². The van der Waals surface area contributed by atoms with E-state index in [0.717, 1.165) is 45.7 Å². The van der Waals surface area contributed by atoms with Crippen LogP contribution in [0, 0.1) is 0 Å². The summed E-state index contributed by atoms with van der Waals surface area (Å²) in [5.41, 5.74) is 4.52. The summed E-state index contributed by atoms with van der Waals surface area (Å²) in [4.78, 5) is 13.0. The monoisotopic (exact) mass is 520 g/mol. The van der Waals surface area contributed by atoms with Crippen LogP contribution in [-0.4, -0.2) is 26.6 Å². The number of methoxy groups -OCH3 is 1. The molecule has 1 N–H and O–H groups in total. The molecule has 0 saturated carbocycles. The number of nitrogens with one attached hydrogen (secondary N) is 1. The van der Waals surface area contributed by atoms with Crippen LogP contribution >= 0.6 is 11.6 Å². The highest BCUT2D eigenvalue weighted by Gasteiger charge is 2.17. The Balaban J connectivity index is 0.00000106. The van der Waals surface area contributed by atoms with Crippen LogP contribution in [0.3, 0.4) is 0 Å². The molecule has 0 atom stereocenters. The van der Waals surface area contributed by atoms with Gasteiger partial charge in [0.15, 0.2) is 0 Å². The van der Waals surface area contributed by atoms with Crippen molar-refractivity contribution < 1.29 is 4.74 Å². The number of benzene rings is 2. The van der Waals surface area contributed by atoms with Crippen molar-refractivity contribution in [2.75, 3.05) is 7.11 Å². The molecule has 0 spiro atoms. The Morgan fingerprint density at radius 1 is 0.973 bits per heavy atom. The van der Waals surface area contributed by atoms with Crippen LogP contribution in [0.4, 0.5) is 0 Å². The molecule has 0 aliphatic heterocycles. The Morgan fingerprint density at radius 2 is 1.62 bits per heavy atom. The van der Waals surface area contributed by atoms with Gasteiger partial charge in [-0.2, -0.15) is 0 Å². The molecule has 2 aromatic carbocycles. The van der Waals surface area contributed by atoms with Crippen LogP contribution in [0.15, 0.2) is 67.4 Å². The fraction of sp³-hybridized carbons (Fsp3) is 0.290. The SMILES string of the molecule is C=Cc1nc(Cc2cn(-c3ccc(Cl)cc3)c(-c3ccccc3OC)n2)[nH]c1/C=C\C.CC.CC.CC. The maximum atomic E-state index is 6.10. The summed E-state index contributed by atoms with van der Waals surface area (Å²) in [6, 6.07) is 15.5. The molecule has 2 heterocycles. The standard InChI is InChI=1S/C25H23ClN4O.3C2H6/c1-4-8-22-21(5-2)28-24(29-22)15-18-16-30(19-13-11-17(26)12-14-19)25(27-18)20-9-6-7-10-23(20)31-3;3*1-2/h4-14,16H,2,15H2,1,3H3,(H,28,29);3*1-2H3/b8-4-;;;. The molecule has 198 valence electrons. The molecule has 2 aromatic heterocycles. The molecule has 0 saturated heterocycles. The Kier molecular flexibility index (Phi) is 14.4. The summed E-state index contributed by atoms with van der Waals surface area (Å²) in [5, 5.41) is 0.687. The van der Waals surface area contributed by atoms with Gasteiger partial charge >= 0.3 is 0 Å². The van der Waals surface area contributed by atoms with Crippen molar-refractivity contribution in [3.63, 3.8) is 0 Å². The van der Waals surface area contributed by atoms with Crippen LogP contribution in [0.25, 0.3) is 29.2 Å². The molecule has 0 aliphatic rings. The predicted molar refractivity (Wildman–Crippen MR) is 161 cm³/mol. The van der Waals surface area contributed by atoms with E-state index in [-0.39, 0.29) is 0 Å². The number of para-hydroxylation sites is 1. The van der Waals surface area contributed by atoms with E-state index in [4.69, 9.17) is 21.3 Å². The van der Waals surface area contributed by atoms with Gasteiger partial charge < -0.3 is 9.72 Å². The first kappa shape index (κ1) is 31.5. The second-order valence-electron chi connectivity index (χ2n) is 6.97. The number of hydrogen-bond donors (Lipinski definition) is 1. The second-order valence-corrected chi connectivity index (χ2v) is 7.40. The summed E-state index contributed by atoms with van der Waals surface area (Å²) in [6.45, 7) is 17.8. The minimum Gasteiger partial charge on any atom is -0.496 e. The van der Waals surface area contributed by atoms with E-state index in [1.165, 1.54) is 0 Å². The Bertz CT molecular complexity index is 1240. The number of ether oxygens (including phenoxy) is 1. The Hall–Kier alpha value is -3.57. The van der Waals surface area contributed by atoms with E-state index < -0.39 is 0 Å². The fourth-order valence-electron chi connectivity index (χ4n) is 3.49. The number of nitrogens with zero attached hydrogens (tertiary/aromatic N) is 3. The van der Waals surface area contributed by atoms with Crippen molar-refractivity contribution in [3.05, 3.63) is 95.3 Å². The maximum absolute atomic E-state index is 6.10. The van der Waals surface area contributed by atoms with Gasteiger partial charge in [0.05, 0.1) is 29.8 Å². The van der Waals surface area contributed by atoms with E-state index in [9.17, 15) is 0 Å².